The van der Waals surface area contributed by atoms with E-state index in [0.717, 1.165) is 22.6 Å². The fourth-order valence-electron chi connectivity index (χ4n) is 3.47. The molecule has 2 aromatic carbocycles. The first kappa shape index (κ1) is 25.6. The predicted molar refractivity (Wildman–Crippen MR) is 126 cm³/mol. The molecule has 0 aliphatic rings. The Hall–Kier alpha value is -4.01. The van der Waals surface area contributed by atoms with E-state index in [2.05, 4.69) is 11.9 Å². The summed E-state index contributed by atoms with van der Waals surface area (Å²) in [6.45, 7) is 5.42. The number of carbonyl (C=O) groups excluding carboxylic acids is 2. The van der Waals surface area contributed by atoms with Crippen molar-refractivity contribution in [2.24, 2.45) is 0 Å². The molecule has 0 aliphatic carbocycles. The topological polar surface area (TPSA) is 65.8 Å². The number of furan rings is 1. The minimum Gasteiger partial charge on any atom is -0.464 e. The first-order valence-electron chi connectivity index (χ1n) is 10.9. The Kier molecular flexibility index (Phi) is 8.35. The maximum absolute atomic E-state index is 13.3. The van der Waals surface area contributed by atoms with Crippen LogP contribution in [0.3, 0.4) is 0 Å². The molecule has 0 fully saturated rings. The minimum absolute atomic E-state index is 0.0369. The summed E-state index contributed by atoms with van der Waals surface area (Å²) in [5.74, 6) is 0.873. The first-order valence-corrected chi connectivity index (χ1v) is 10.9. The van der Waals surface area contributed by atoms with Gasteiger partial charge in [-0.25, -0.2) is 4.79 Å². The highest BCUT2D eigenvalue weighted by molar-refractivity contribution is 5.93. The van der Waals surface area contributed by atoms with Gasteiger partial charge in [0.15, 0.2) is 0 Å². The molecule has 3 rings (SSSR count). The molecule has 1 N–H and O–H groups in total. The van der Waals surface area contributed by atoms with Crippen molar-refractivity contribution in [2.75, 3.05) is 18.4 Å². The summed E-state index contributed by atoms with van der Waals surface area (Å²) in [6.07, 6.45) is -3.24. The van der Waals surface area contributed by atoms with E-state index < -0.39 is 29.4 Å². The van der Waals surface area contributed by atoms with Crippen molar-refractivity contribution < 1.29 is 27.2 Å². The monoisotopic (exact) mass is 485 g/mol. The van der Waals surface area contributed by atoms with E-state index in [1.807, 2.05) is 30.3 Å². The van der Waals surface area contributed by atoms with Crippen LogP contribution in [-0.4, -0.2) is 34.8 Å². The lowest BCUT2D eigenvalue weighted by molar-refractivity contribution is -0.137. The van der Waals surface area contributed by atoms with Crippen LogP contribution in [0.4, 0.5) is 23.7 Å². The van der Waals surface area contributed by atoms with Gasteiger partial charge in [0.1, 0.15) is 18.1 Å². The van der Waals surface area contributed by atoms with Crippen LogP contribution in [0, 0.1) is 6.92 Å². The zero-order valence-corrected chi connectivity index (χ0v) is 19.2. The number of nitrogens with zero attached hydrogens (tertiary/aromatic N) is 2. The maximum Gasteiger partial charge on any atom is 0.418 e. The van der Waals surface area contributed by atoms with Crippen molar-refractivity contribution in [2.45, 2.75) is 26.2 Å². The third-order valence-electron chi connectivity index (χ3n) is 5.15. The standard InChI is InChI=1S/C26H26F3N3O3/c1-3-15-31(25(34)30-23-12-8-7-11-22(23)26(27,28)29)18-24(33)32(16-20-9-5-4-6-10-20)17-21-14-13-19(2)35-21/h3-14H,1,15-18H2,2H3,(H,30,34). The summed E-state index contributed by atoms with van der Waals surface area (Å²) in [5, 5.41) is 2.28. The van der Waals surface area contributed by atoms with Crippen LogP contribution in [0.15, 0.2) is 83.8 Å². The number of carbonyl (C=O) groups is 2. The van der Waals surface area contributed by atoms with Gasteiger partial charge in [-0.15, -0.1) is 6.58 Å². The molecule has 1 aromatic heterocycles. The normalized spacial score (nSPS) is 11.1. The van der Waals surface area contributed by atoms with Gasteiger partial charge in [-0.2, -0.15) is 13.2 Å². The number of amides is 3. The van der Waals surface area contributed by atoms with Crippen molar-refractivity contribution in [1.29, 1.82) is 0 Å². The minimum atomic E-state index is -4.64. The van der Waals surface area contributed by atoms with Crippen LogP contribution in [-0.2, 0) is 24.1 Å². The second-order valence-corrected chi connectivity index (χ2v) is 7.89. The highest BCUT2D eigenvalue weighted by atomic mass is 19.4. The molecule has 6 nitrogen and oxygen atoms in total. The van der Waals surface area contributed by atoms with Gasteiger partial charge in [0.2, 0.25) is 5.91 Å². The Balaban J connectivity index is 1.78. The molecule has 0 spiro atoms. The molecule has 184 valence electrons. The molecule has 0 saturated carbocycles. The van der Waals surface area contributed by atoms with Gasteiger partial charge in [0.25, 0.3) is 0 Å². The number of urea groups is 1. The number of alkyl halides is 3. The first-order chi connectivity index (χ1) is 16.7. The van der Waals surface area contributed by atoms with Gasteiger partial charge in [0, 0.05) is 13.1 Å². The maximum atomic E-state index is 13.3. The molecule has 3 aromatic rings. The lowest BCUT2D eigenvalue weighted by atomic mass is 10.1. The summed E-state index contributed by atoms with van der Waals surface area (Å²) in [5.41, 5.74) is -0.487. The number of hydrogen-bond acceptors (Lipinski definition) is 3. The molecule has 0 aliphatic heterocycles. The molecule has 0 bridgehead atoms. The number of para-hydroxylation sites is 1. The van der Waals surface area contributed by atoms with E-state index in [-0.39, 0.29) is 26.2 Å². The third-order valence-corrected chi connectivity index (χ3v) is 5.15. The summed E-state index contributed by atoms with van der Waals surface area (Å²) in [7, 11) is 0. The van der Waals surface area contributed by atoms with Crippen LogP contribution in [0.5, 0.6) is 0 Å². The number of aryl methyl sites for hydroxylation is 1. The molecule has 0 saturated heterocycles. The van der Waals surface area contributed by atoms with Crippen molar-refractivity contribution in [3.63, 3.8) is 0 Å². The average molecular weight is 486 g/mol. The Labute approximate surface area is 201 Å². The van der Waals surface area contributed by atoms with Gasteiger partial charge in [-0.3, -0.25) is 4.79 Å². The van der Waals surface area contributed by atoms with E-state index in [1.54, 1.807) is 19.1 Å². The number of halogens is 3. The fraction of sp³-hybridized carbons (Fsp3) is 0.231. The van der Waals surface area contributed by atoms with Gasteiger partial charge in [-0.1, -0.05) is 48.5 Å². The zero-order valence-electron chi connectivity index (χ0n) is 19.2. The summed E-state index contributed by atoms with van der Waals surface area (Å²) >= 11 is 0. The van der Waals surface area contributed by atoms with E-state index in [9.17, 15) is 22.8 Å². The lowest BCUT2D eigenvalue weighted by Crippen LogP contribution is -2.44. The van der Waals surface area contributed by atoms with E-state index in [1.165, 1.54) is 23.1 Å². The van der Waals surface area contributed by atoms with Gasteiger partial charge in [0.05, 0.1) is 17.8 Å². The quantitative estimate of drug-likeness (QED) is 0.387. The highest BCUT2D eigenvalue weighted by Crippen LogP contribution is 2.34. The summed E-state index contributed by atoms with van der Waals surface area (Å²) in [6, 6.07) is 16.7. The number of benzene rings is 2. The Morgan fingerprint density at radius 1 is 0.971 bits per heavy atom. The molecule has 0 unspecified atom stereocenters. The lowest BCUT2D eigenvalue weighted by Gasteiger charge is -2.27. The van der Waals surface area contributed by atoms with Gasteiger partial charge < -0.3 is 19.5 Å². The second kappa shape index (κ2) is 11.4. The van der Waals surface area contributed by atoms with E-state index in [4.69, 9.17) is 4.42 Å². The highest BCUT2D eigenvalue weighted by Gasteiger charge is 2.34. The number of hydrogen-bond donors (Lipinski definition) is 1. The molecule has 3 amide bonds. The van der Waals surface area contributed by atoms with Crippen LogP contribution < -0.4 is 5.32 Å². The number of anilines is 1. The smallest absolute Gasteiger partial charge is 0.418 e. The summed E-state index contributed by atoms with van der Waals surface area (Å²) in [4.78, 5) is 28.8. The number of rotatable bonds is 9. The van der Waals surface area contributed by atoms with Crippen LogP contribution in [0.2, 0.25) is 0 Å². The van der Waals surface area contributed by atoms with Crippen LogP contribution in [0.1, 0.15) is 22.6 Å². The SMILES string of the molecule is C=CCN(CC(=O)N(Cc1ccccc1)Cc1ccc(C)o1)C(=O)Nc1ccccc1C(F)(F)F. The largest absolute Gasteiger partial charge is 0.464 e. The average Bonchev–Trinajstić information content (AvgIpc) is 3.23. The molecule has 1 heterocycles. The second-order valence-electron chi connectivity index (χ2n) is 7.89. The number of nitrogens with one attached hydrogen (secondary N) is 1. The predicted octanol–water partition coefficient (Wildman–Crippen LogP) is 5.86. The molecular formula is C26H26F3N3O3. The van der Waals surface area contributed by atoms with Crippen molar-refractivity contribution in [3.8, 4) is 0 Å². The molecular weight excluding hydrogens is 459 g/mol. The third kappa shape index (κ3) is 7.23. The van der Waals surface area contributed by atoms with Gasteiger partial charge >= 0.3 is 12.2 Å². The van der Waals surface area contributed by atoms with Crippen molar-refractivity contribution >= 4 is 17.6 Å². The Bertz CT molecular complexity index is 1160. The van der Waals surface area contributed by atoms with Gasteiger partial charge in [-0.05, 0) is 36.8 Å². The van der Waals surface area contributed by atoms with E-state index >= 15 is 0 Å². The van der Waals surface area contributed by atoms with Crippen molar-refractivity contribution in [3.05, 3.63) is 102 Å². The summed E-state index contributed by atoms with van der Waals surface area (Å²) < 4.78 is 45.6. The molecule has 35 heavy (non-hydrogen) atoms. The Morgan fingerprint density at radius 3 is 2.29 bits per heavy atom. The molecule has 9 heteroatoms. The van der Waals surface area contributed by atoms with Crippen molar-refractivity contribution in [1.82, 2.24) is 9.80 Å². The van der Waals surface area contributed by atoms with E-state index in [0.29, 0.717) is 11.5 Å². The molecule has 0 radical (unpaired) electrons. The Morgan fingerprint density at radius 2 is 1.66 bits per heavy atom. The van der Waals surface area contributed by atoms with Crippen LogP contribution >= 0.6 is 0 Å². The fourth-order valence-corrected chi connectivity index (χ4v) is 3.47. The van der Waals surface area contributed by atoms with Crippen LogP contribution in [0.25, 0.3) is 0 Å². The zero-order chi connectivity index (χ0) is 25.4. The molecule has 0 atom stereocenters.